The number of carbonyl (C=O) groups is 1. The Morgan fingerprint density at radius 3 is 2.35 bits per heavy atom. The molecule has 0 spiro atoms. The lowest BCUT2D eigenvalue weighted by Gasteiger charge is -2.25. The first-order chi connectivity index (χ1) is 7.84. The summed E-state index contributed by atoms with van der Waals surface area (Å²) in [6.45, 7) is 3.86. The van der Waals surface area contributed by atoms with Crippen molar-refractivity contribution in [1.29, 1.82) is 5.26 Å². The number of nitrogens with two attached hydrogens (primary N) is 1. The standard InChI is InChI=1S/C13H17N3O/c1-13(2,15)12(17)16(3)9-11-6-4-10(8-14)5-7-11/h4-7H,9,15H2,1-3H3. The van der Waals surface area contributed by atoms with E-state index < -0.39 is 5.54 Å². The number of hydrogen-bond donors (Lipinski definition) is 1. The number of rotatable bonds is 3. The van der Waals surface area contributed by atoms with E-state index in [4.69, 9.17) is 11.0 Å². The van der Waals surface area contributed by atoms with Crippen LogP contribution in [0, 0.1) is 11.3 Å². The minimum atomic E-state index is -0.860. The molecule has 0 aromatic heterocycles. The molecule has 0 atom stereocenters. The first-order valence-electron chi connectivity index (χ1n) is 5.38. The molecule has 1 amide bonds. The normalized spacial score (nSPS) is 10.8. The second kappa shape index (κ2) is 4.98. The lowest BCUT2D eigenvalue weighted by Crippen LogP contribution is -2.49. The number of nitrogens with zero attached hydrogens (tertiary/aromatic N) is 2. The van der Waals surface area contributed by atoms with Gasteiger partial charge in [-0.25, -0.2) is 0 Å². The molecule has 90 valence electrons. The van der Waals surface area contributed by atoms with Crippen molar-refractivity contribution in [3.8, 4) is 6.07 Å². The van der Waals surface area contributed by atoms with Gasteiger partial charge < -0.3 is 10.6 Å². The van der Waals surface area contributed by atoms with Gasteiger partial charge in [-0.2, -0.15) is 5.26 Å². The van der Waals surface area contributed by atoms with Crippen LogP contribution >= 0.6 is 0 Å². The molecule has 4 heteroatoms. The maximum absolute atomic E-state index is 11.8. The zero-order chi connectivity index (χ0) is 13.1. The molecule has 0 aliphatic heterocycles. The van der Waals surface area contributed by atoms with Crippen molar-refractivity contribution in [1.82, 2.24) is 4.90 Å². The highest BCUT2D eigenvalue weighted by Gasteiger charge is 2.25. The summed E-state index contributed by atoms with van der Waals surface area (Å²) >= 11 is 0. The number of hydrogen-bond acceptors (Lipinski definition) is 3. The third kappa shape index (κ3) is 3.58. The molecule has 0 radical (unpaired) electrons. The molecule has 0 fully saturated rings. The fourth-order valence-electron chi connectivity index (χ4n) is 1.52. The Balaban J connectivity index is 2.72. The van der Waals surface area contributed by atoms with Gasteiger partial charge in [-0.3, -0.25) is 4.79 Å². The molecule has 1 aromatic carbocycles. The van der Waals surface area contributed by atoms with Crippen molar-refractivity contribution in [3.63, 3.8) is 0 Å². The minimum Gasteiger partial charge on any atom is -0.340 e. The summed E-state index contributed by atoms with van der Waals surface area (Å²) in [6, 6.07) is 9.21. The van der Waals surface area contributed by atoms with E-state index in [1.165, 1.54) is 0 Å². The molecule has 0 aliphatic carbocycles. The van der Waals surface area contributed by atoms with Crippen molar-refractivity contribution >= 4 is 5.91 Å². The van der Waals surface area contributed by atoms with Crippen LogP contribution in [0.5, 0.6) is 0 Å². The van der Waals surface area contributed by atoms with Crippen molar-refractivity contribution in [3.05, 3.63) is 35.4 Å². The van der Waals surface area contributed by atoms with Crippen molar-refractivity contribution in [2.45, 2.75) is 25.9 Å². The number of carbonyl (C=O) groups excluding carboxylic acids is 1. The van der Waals surface area contributed by atoms with Gasteiger partial charge in [0.05, 0.1) is 17.2 Å². The molecule has 17 heavy (non-hydrogen) atoms. The lowest BCUT2D eigenvalue weighted by molar-refractivity contribution is -0.134. The van der Waals surface area contributed by atoms with Gasteiger partial charge in [0.2, 0.25) is 5.91 Å². The van der Waals surface area contributed by atoms with E-state index in [1.807, 2.05) is 12.1 Å². The van der Waals surface area contributed by atoms with Crippen LogP contribution in [0.1, 0.15) is 25.0 Å². The Morgan fingerprint density at radius 1 is 1.41 bits per heavy atom. The SMILES string of the molecule is CN(Cc1ccc(C#N)cc1)C(=O)C(C)(C)N. The summed E-state index contributed by atoms with van der Waals surface area (Å²) in [7, 11) is 1.72. The molecule has 0 heterocycles. The number of amides is 1. The Labute approximate surface area is 102 Å². The van der Waals surface area contributed by atoms with Crippen LogP contribution in [0.2, 0.25) is 0 Å². The van der Waals surface area contributed by atoms with Crippen LogP contribution in [-0.2, 0) is 11.3 Å². The van der Waals surface area contributed by atoms with Crippen molar-refractivity contribution in [2.24, 2.45) is 5.73 Å². The Kier molecular flexibility index (Phi) is 3.87. The highest BCUT2D eigenvalue weighted by molar-refractivity contribution is 5.84. The van der Waals surface area contributed by atoms with Gasteiger partial charge in [-0.15, -0.1) is 0 Å². The van der Waals surface area contributed by atoms with Crippen LogP contribution < -0.4 is 5.73 Å². The van der Waals surface area contributed by atoms with E-state index in [9.17, 15) is 4.79 Å². The van der Waals surface area contributed by atoms with Crippen LogP contribution in [0.15, 0.2) is 24.3 Å². The van der Waals surface area contributed by atoms with Gasteiger partial charge in [-0.1, -0.05) is 12.1 Å². The molecular weight excluding hydrogens is 214 g/mol. The number of nitriles is 1. The zero-order valence-corrected chi connectivity index (χ0v) is 10.4. The van der Waals surface area contributed by atoms with Crippen LogP contribution in [0.3, 0.4) is 0 Å². The molecule has 0 bridgehead atoms. The van der Waals surface area contributed by atoms with Gasteiger partial charge in [0, 0.05) is 13.6 Å². The monoisotopic (exact) mass is 231 g/mol. The molecule has 2 N–H and O–H groups in total. The summed E-state index contributed by atoms with van der Waals surface area (Å²) in [5.41, 5.74) is 6.47. The van der Waals surface area contributed by atoms with E-state index in [0.29, 0.717) is 12.1 Å². The summed E-state index contributed by atoms with van der Waals surface area (Å²) in [6.07, 6.45) is 0. The largest absolute Gasteiger partial charge is 0.340 e. The summed E-state index contributed by atoms with van der Waals surface area (Å²) in [5.74, 6) is -0.109. The Morgan fingerprint density at radius 2 is 1.94 bits per heavy atom. The first-order valence-corrected chi connectivity index (χ1v) is 5.38. The fraction of sp³-hybridized carbons (Fsp3) is 0.385. The number of likely N-dealkylation sites (N-methyl/N-ethyl adjacent to an activating group) is 1. The van der Waals surface area contributed by atoms with E-state index in [1.54, 1.807) is 37.9 Å². The van der Waals surface area contributed by atoms with Gasteiger partial charge in [-0.05, 0) is 31.5 Å². The fourth-order valence-corrected chi connectivity index (χ4v) is 1.52. The van der Waals surface area contributed by atoms with Crippen molar-refractivity contribution in [2.75, 3.05) is 7.05 Å². The van der Waals surface area contributed by atoms with E-state index in [2.05, 4.69) is 6.07 Å². The summed E-state index contributed by atoms with van der Waals surface area (Å²) in [4.78, 5) is 13.4. The molecule has 0 saturated carbocycles. The second-order valence-corrected chi connectivity index (χ2v) is 4.69. The zero-order valence-electron chi connectivity index (χ0n) is 10.4. The lowest BCUT2D eigenvalue weighted by atomic mass is 10.1. The third-order valence-electron chi connectivity index (χ3n) is 2.40. The maximum Gasteiger partial charge on any atom is 0.242 e. The highest BCUT2D eigenvalue weighted by Crippen LogP contribution is 2.09. The molecule has 0 aliphatic rings. The van der Waals surface area contributed by atoms with Crippen LogP contribution in [-0.4, -0.2) is 23.4 Å². The smallest absolute Gasteiger partial charge is 0.242 e. The molecule has 4 nitrogen and oxygen atoms in total. The van der Waals surface area contributed by atoms with E-state index in [-0.39, 0.29) is 5.91 Å². The summed E-state index contributed by atoms with van der Waals surface area (Å²) in [5, 5.41) is 8.67. The van der Waals surface area contributed by atoms with Crippen LogP contribution in [0.4, 0.5) is 0 Å². The van der Waals surface area contributed by atoms with Gasteiger partial charge >= 0.3 is 0 Å². The molecule has 1 aromatic rings. The highest BCUT2D eigenvalue weighted by atomic mass is 16.2. The van der Waals surface area contributed by atoms with Gasteiger partial charge in [0.1, 0.15) is 0 Å². The molecule has 1 rings (SSSR count). The second-order valence-electron chi connectivity index (χ2n) is 4.69. The minimum absolute atomic E-state index is 0.109. The molecule has 0 saturated heterocycles. The molecule has 0 unspecified atom stereocenters. The Bertz CT molecular complexity index is 437. The van der Waals surface area contributed by atoms with E-state index in [0.717, 1.165) is 5.56 Å². The third-order valence-corrected chi connectivity index (χ3v) is 2.40. The van der Waals surface area contributed by atoms with E-state index >= 15 is 0 Å². The first kappa shape index (κ1) is 13.2. The maximum atomic E-state index is 11.8. The van der Waals surface area contributed by atoms with Crippen molar-refractivity contribution < 1.29 is 4.79 Å². The number of benzene rings is 1. The quantitative estimate of drug-likeness (QED) is 0.851. The topological polar surface area (TPSA) is 70.1 Å². The predicted molar refractivity (Wildman–Crippen MR) is 65.9 cm³/mol. The molecular formula is C13H17N3O. The van der Waals surface area contributed by atoms with Crippen LogP contribution in [0.25, 0.3) is 0 Å². The average molecular weight is 231 g/mol. The van der Waals surface area contributed by atoms with Gasteiger partial charge in [0.15, 0.2) is 0 Å². The van der Waals surface area contributed by atoms with Gasteiger partial charge in [0.25, 0.3) is 0 Å². The predicted octanol–water partition coefficient (Wildman–Crippen LogP) is 1.25. The average Bonchev–Trinajstić information content (AvgIpc) is 2.27. The summed E-state index contributed by atoms with van der Waals surface area (Å²) < 4.78 is 0. The Hall–Kier alpha value is -1.86.